The summed E-state index contributed by atoms with van der Waals surface area (Å²) in [6.07, 6.45) is 1.78. The van der Waals surface area contributed by atoms with E-state index in [0.29, 0.717) is 13.2 Å². The highest BCUT2D eigenvalue weighted by molar-refractivity contribution is 9.10. The molecule has 0 atom stereocenters. The van der Waals surface area contributed by atoms with Crippen molar-refractivity contribution in [2.75, 3.05) is 25.6 Å². The zero-order valence-electron chi connectivity index (χ0n) is 13.0. The average molecular weight is 387 g/mol. The van der Waals surface area contributed by atoms with Crippen molar-refractivity contribution in [1.29, 1.82) is 0 Å². The summed E-state index contributed by atoms with van der Waals surface area (Å²) in [6, 6.07) is 11.7. The fourth-order valence-corrected chi connectivity index (χ4v) is 3.08. The minimum absolute atomic E-state index is 0.557. The number of ether oxygens (including phenoxy) is 3. The Kier molecular flexibility index (Phi) is 3.90. The van der Waals surface area contributed by atoms with Gasteiger partial charge >= 0.3 is 0 Å². The lowest BCUT2D eigenvalue weighted by atomic mass is 10.1. The molecule has 1 aliphatic heterocycles. The number of halogens is 1. The molecule has 0 radical (unpaired) electrons. The Morgan fingerprint density at radius 3 is 2.38 bits per heavy atom. The van der Waals surface area contributed by atoms with Gasteiger partial charge in [0.05, 0.1) is 7.11 Å². The molecule has 1 N–H and O–H groups in total. The summed E-state index contributed by atoms with van der Waals surface area (Å²) in [7, 11) is 1.65. The van der Waals surface area contributed by atoms with Crippen molar-refractivity contribution in [3.63, 3.8) is 0 Å². The molecule has 0 saturated heterocycles. The number of hydrogen-bond acceptors (Lipinski definition) is 5. The molecule has 2 aromatic carbocycles. The van der Waals surface area contributed by atoms with E-state index in [1.807, 2.05) is 36.4 Å². The van der Waals surface area contributed by atoms with Crippen LogP contribution < -0.4 is 19.5 Å². The topological polar surface area (TPSA) is 52.6 Å². The van der Waals surface area contributed by atoms with E-state index in [9.17, 15) is 0 Å². The SMILES string of the molecule is COc1ccc(Nc2ncc(Br)c3cc4c(cc23)OCCO4)cc1. The molecule has 0 saturated carbocycles. The number of nitrogens with zero attached hydrogens (tertiary/aromatic N) is 1. The Morgan fingerprint density at radius 2 is 1.71 bits per heavy atom. The number of anilines is 2. The maximum absolute atomic E-state index is 5.69. The van der Waals surface area contributed by atoms with Crippen molar-refractivity contribution >= 4 is 38.2 Å². The van der Waals surface area contributed by atoms with E-state index in [4.69, 9.17) is 14.2 Å². The fourth-order valence-electron chi connectivity index (χ4n) is 2.65. The van der Waals surface area contributed by atoms with Crippen molar-refractivity contribution in [2.24, 2.45) is 0 Å². The van der Waals surface area contributed by atoms with E-state index < -0.39 is 0 Å². The van der Waals surface area contributed by atoms with Gasteiger partial charge in [-0.3, -0.25) is 0 Å². The molecule has 0 aliphatic carbocycles. The van der Waals surface area contributed by atoms with Crippen LogP contribution in [-0.2, 0) is 0 Å². The quantitative estimate of drug-likeness (QED) is 0.716. The summed E-state index contributed by atoms with van der Waals surface area (Å²) in [5, 5.41) is 5.33. The van der Waals surface area contributed by atoms with Crippen LogP contribution in [0.1, 0.15) is 0 Å². The van der Waals surface area contributed by atoms with Gasteiger partial charge in [0, 0.05) is 27.1 Å². The van der Waals surface area contributed by atoms with Crippen molar-refractivity contribution in [1.82, 2.24) is 4.98 Å². The first-order chi connectivity index (χ1) is 11.7. The van der Waals surface area contributed by atoms with Crippen LogP contribution in [0.25, 0.3) is 10.8 Å². The normalized spacial score (nSPS) is 12.9. The zero-order valence-corrected chi connectivity index (χ0v) is 14.6. The summed E-state index contributed by atoms with van der Waals surface area (Å²) in [6.45, 7) is 1.12. The van der Waals surface area contributed by atoms with E-state index in [-0.39, 0.29) is 0 Å². The van der Waals surface area contributed by atoms with Gasteiger partial charge in [-0.05, 0) is 52.3 Å². The van der Waals surface area contributed by atoms with E-state index in [2.05, 4.69) is 26.2 Å². The van der Waals surface area contributed by atoms with Gasteiger partial charge in [0.25, 0.3) is 0 Å². The largest absolute Gasteiger partial charge is 0.497 e. The van der Waals surface area contributed by atoms with Crippen LogP contribution in [-0.4, -0.2) is 25.3 Å². The second-order valence-electron chi connectivity index (χ2n) is 5.35. The van der Waals surface area contributed by atoms with Crippen LogP contribution in [0.5, 0.6) is 17.2 Å². The third kappa shape index (κ3) is 2.73. The van der Waals surface area contributed by atoms with Crippen LogP contribution in [0.3, 0.4) is 0 Å². The molecular formula is C18H15BrN2O3. The predicted molar refractivity (Wildman–Crippen MR) is 96.7 cm³/mol. The molecule has 0 fully saturated rings. The first-order valence-electron chi connectivity index (χ1n) is 7.53. The molecule has 122 valence electrons. The van der Waals surface area contributed by atoms with E-state index in [1.54, 1.807) is 13.3 Å². The molecule has 0 bridgehead atoms. The van der Waals surface area contributed by atoms with Gasteiger partial charge in [-0.1, -0.05) is 0 Å². The van der Waals surface area contributed by atoms with Gasteiger partial charge in [0.2, 0.25) is 0 Å². The predicted octanol–water partition coefficient (Wildman–Crippen LogP) is 4.52. The standard InChI is InChI=1S/C18H15BrN2O3/c1-22-12-4-2-11(3-5-12)21-18-14-9-17-16(23-6-7-24-17)8-13(14)15(19)10-20-18/h2-5,8-10H,6-7H2,1H3,(H,20,21). The van der Waals surface area contributed by atoms with Crippen molar-refractivity contribution in [3.05, 3.63) is 47.1 Å². The molecule has 1 aliphatic rings. The third-order valence-corrected chi connectivity index (χ3v) is 4.49. The summed E-state index contributed by atoms with van der Waals surface area (Å²) >= 11 is 3.56. The van der Waals surface area contributed by atoms with Gasteiger partial charge in [0.15, 0.2) is 11.5 Å². The molecule has 0 unspecified atom stereocenters. The van der Waals surface area contributed by atoms with Crippen LogP contribution in [0, 0.1) is 0 Å². The molecule has 5 nitrogen and oxygen atoms in total. The number of aromatic nitrogens is 1. The van der Waals surface area contributed by atoms with E-state index >= 15 is 0 Å². The van der Waals surface area contributed by atoms with Crippen LogP contribution in [0.15, 0.2) is 47.1 Å². The van der Waals surface area contributed by atoms with Crippen molar-refractivity contribution in [3.8, 4) is 17.2 Å². The van der Waals surface area contributed by atoms with E-state index in [0.717, 1.165) is 44.0 Å². The number of fused-ring (bicyclic) bond motifs is 2. The van der Waals surface area contributed by atoms with Crippen LogP contribution in [0.2, 0.25) is 0 Å². The van der Waals surface area contributed by atoms with Gasteiger partial charge in [0.1, 0.15) is 24.8 Å². The molecule has 6 heteroatoms. The number of pyridine rings is 1. The van der Waals surface area contributed by atoms with Gasteiger partial charge in [-0.15, -0.1) is 0 Å². The average Bonchev–Trinajstić information content (AvgIpc) is 2.63. The molecular weight excluding hydrogens is 372 g/mol. The highest BCUT2D eigenvalue weighted by atomic mass is 79.9. The molecule has 3 aromatic rings. The Morgan fingerprint density at radius 1 is 1.04 bits per heavy atom. The Balaban J connectivity index is 1.78. The molecule has 4 rings (SSSR count). The second kappa shape index (κ2) is 6.20. The highest BCUT2D eigenvalue weighted by Crippen LogP contribution is 2.39. The number of rotatable bonds is 3. The van der Waals surface area contributed by atoms with E-state index in [1.165, 1.54) is 0 Å². The van der Waals surface area contributed by atoms with Gasteiger partial charge in [-0.25, -0.2) is 4.98 Å². The minimum atomic E-state index is 0.557. The lowest BCUT2D eigenvalue weighted by Gasteiger charge is -2.20. The summed E-state index contributed by atoms with van der Waals surface area (Å²) < 4.78 is 17.5. The summed E-state index contributed by atoms with van der Waals surface area (Å²) in [5.74, 6) is 3.08. The summed E-state index contributed by atoms with van der Waals surface area (Å²) in [5.41, 5.74) is 0.932. The number of hydrogen-bond donors (Lipinski definition) is 1. The Hall–Kier alpha value is -2.47. The Bertz CT molecular complexity index is 897. The molecule has 2 heterocycles. The molecule has 1 aromatic heterocycles. The Labute approximate surface area is 147 Å². The highest BCUT2D eigenvalue weighted by Gasteiger charge is 2.16. The maximum Gasteiger partial charge on any atom is 0.162 e. The summed E-state index contributed by atoms with van der Waals surface area (Å²) in [4.78, 5) is 4.51. The number of methoxy groups -OCH3 is 1. The lowest BCUT2D eigenvalue weighted by Crippen LogP contribution is -2.15. The monoisotopic (exact) mass is 386 g/mol. The maximum atomic E-state index is 5.69. The molecule has 24 heavy (non-hydrogen) atoms. The number of benzene rings is 2. The first kappa shape index (κ1) is 15.1. The smallest absolute Gasteiger partial charge is 0.162 e. The minimum Gasteiger partial charge on any atom is -0.497 e. The first-order valence-corrected chi connectivity index (χ1v) is 8.33. The van der Waals surface area contributed by atoms with Gasteiger partial charge < -0.3 is 19.5 Å². The second-order valence-corrected chi connectivity index (χ2v) is 6.20. The van der Waals surface area contributed by atoms with Crippen LogP contribution >= 0.6 is 15.9 Å². The zero-order chi connectivity index (χ0) is 16.5. The number of nitrogens with one attached hydrogen (secondary N) is 1. The van der Waals surface area contributed by atoms with Crippen molar-refractivity contribution < 1.29 is 14.2 Å². The van der Waals surface area contributed by atoms with Gasteiger partial charge in [-0.2, -0.15) is 0 Å². The van der Waals surface area contributed by atoms with Crippen LogP contribution in [0.4, 0.5) is 11.5 Å². The lowest BCUT2D eigenvalue weighted by molar-refractivity contribution is 0.172. The molecule has 0 amide bonds. The van der Waals surface area contributed by atoms with Crippen molar-refractivity contribution in [2.45, 2.75) is 0 Å². The molecule has 0 spiro atoms. The fraction of sp³-hybridized carbons (Fsp3) is 0.167. The third-order valence-electron chi connectivity index (χ3n) is 3.85.